The van der Waals surface area contributed by atoms with Crippen molar-refractivity contribution in [3.63, 3.8) is 0 Å². The Morgan fingerprint density at radius 1 is 1.15 bits per heavy atom. The average Bonchev–Trinajstić information content (AvgIpc) is 2.94. The monoisotopic (exact) mass is 369 g/mol. The van der Waals surface area contributed by atoms with Crippen LogP contribution >= 0.6 is 0 Å². The molecular formula is C21H27N3O3. The first-order valence-corrected chi connectivity index (χ1v) is 8.92. The molecule has 0 spiro atoms. The molecular weight excluding hydrogens is 342 g/mol. The molecule has 27 heavy (non-hydrogen) atoms. The van der Waals surface area contributed by atoms with E-state index in [4.69, 9.17) is 0 Å². The van der Waals surface area contributed by atoms with Crippen LogP contribution in [-0.4, -0.2) is 47.5 Å². The molecule has 6 nitrogen and oxygen atoms in total. The maximum atomic E-state index is 12.9. The van der Waals surface area contributed by atoms with E-state index in [2.05, 4.69) is 10.3 Å². The van der Waals surface area contributed by atoms with E-state index in [-0.39, 0.29) is 23.5 Å². The number of hydrogen-bond donors (Lipinski definition) is 2. The number of nitrogens with zero attached hydrogens (tertiary/aromatic N) is 1. The molecule has 0 saturated carbocycles. The zero-order valence-corrected chi connectivity index (χ0v) is 16.8. The molecule has 2 N–H and O–H groups in total. The quantitative estimate of drug-likeness (QED) is 0.735. The Kier molecular flexibility index (Phi) is 6.33. The first-order valence-electron chi connectivity index (χ1n) is 8.92. The van der Waals surface area contributed by atoms with Gasteiger partial charge >= 0.3 is 0 Å². The second-order valence-corrected chi connectivity index (χ2v) is 6.91. The first kappa shape index (κ1) is 20.6. The zero-order chi connectivity index (χ0) is 20.3. The van der Waals surface area contributed by atoms with Crippen LogP contribution in [0.25, 0.3) is 0 Å². The van der Waals surface area contributed by atoms with Crippen molar-refractivity contribution in [3.05, 3.63) is 57.9 Å². The van der Waals surface area contributed by atoms with E-state index in [1.807, 2.05) is 37.9 Å². The number of benzene rings is 1. The summed E-state index contributed by atoms with van der Waals surface area (Å²) in [4.78, 5) is 41.4. The van der Waals surface area contributed by atoms with Crippen LogP contribution in [0.1, 0.15) is 61.9 Å². The van der Waals surface area contributed by atoms with Gasteiger partial charge in [-0.1, -0.05) is 12.1 Å². The van der Waals surface area contributed by atoms with Crippen molar-refractivity contribution in [2.24, 2.45) is 0 Å². The van der Waals surface area contributed by atoms with Crippen LogP contribution in [0, 0.1) is 13.8 Å². The van der Waals surface area contributed by atoms with Crippen molar-refractivity contribution in [2.45, 2.75) is 40.3 Å². The van der Waals surface area contributed by atoms with Crippen LogP contribution in [0.5, 0.6) is 0 Å². The highest BCUT2D eigenvalue weighted by Gasteiger charge is 2.25. The van der Waals surface area contributed by atoms with E-state index in [9.17, 15) is 14.4 Å². The predicted octanol–water partition coefficient (Wildman–Crippen LogP) is 2.90. The van der Waals surface area contributed by atoms with Crippen LogP contribution in [-0.2, 0) is 6.54 Å². The summed E-state index contributed by atoms with van der Waals surface area (Å²) >= 11 is 0. The Bertz CT molecular complexity index is 866. The third kappa shape index (κ3) is 4.34. The summed E-state index contributed by atoms with van der Waals surface area (Å²) in [6, 6.07) is 6.95. The van der Waals surface area contributed by atoms with Crippen LogP contribution in [0.2, 0.25) is 0 Å². The molecule has 0 fully saturated rings. The number of aryl methyl sites for hydroxylation is 1. The van der Waals surface area contributed by atoms with Gasteiger partial charge < -0.3 is 10.3 Å². The summed E-state index contributed by atoms with van der Waals surface area (Å²) in [5.74, 6) is -0.220. The number of hydrogen-bond acceptors (Lipinski definition) is 4. The number of rotatable bonds is 7. The van der Waals surface area contributed by atoms with Gasteiger partial charge in [0.05, 0.1) is 11.7 Å². The summed E-state index contributed by atoms with van der Waals surface area (Å²) in [5, 5.41) is 2.59. The zero-order valence-electron chi connectivity index (χ0n) is 16.8. The fourth-order valence-corrected chi connectivity index (χ4v) is 3.26. The summed E-state index contributed by atoms with van der Waals surface area (Å²) in [5.41, 5.74) is 4.13. The summed E-state index contributed by atoms with van der Waals surface area (Å²) in [6.07, 6.45) is 0. The van der Waals surface area contributed by atoms with Gasteiger partial charge in [-0.05, 0) is 58.0 Å². The Hall–Kier alpha value is -2.73. The van der Waals surface area contributed by atoms with Gasteiger partial charge in [-0.15, -0.1) is 0 Å². The SMILES string of the molecule is CNC(=O)c1ccc(CN(C)[C@@H](C)C(=O)c2[nH]c(C)c(C(C)=O)c2C)cc1. The summed E-state index contributed by atoms with van der Waals surface area (Å²) in [6.45, 7) is 7.54. The standard InChI is InChI=1S/C21H27N3O3/c1-12-18(15(4)25)13(2)23-19(12)20(26)14(3)24(6)11-16-7-9-17(10-8-16)21(27)22-5/h7-10,14,23H,11H2,1-6H3,(H,22,27)/t14-/m0/s1. The average molecular weight is 369 g/mol. The number of amides is 1. The Balaban J connectivity index is 2.14. The fraction of sp³-hybridized carbons (Fsp3) is 0.381. The molecule has 1 heterocycles. The minimum atomic E-state index is -0.361. The van der Waals surface area contributed by atoms with Crippen LogP contribution < -0.4 is 5.32 Å². The number of nitrogens with one attached hydrogen (secondary N) is 2. The molecule has 0 radical (unpaired) electrons. The predicted molar refractivity (Wildman–Crippen MR) is 105 cm³/mol. The van der Waals surface area contributed by atoms with Gasteiger partial charge in [0.2, 0.25) is 0 Å². The summed E-state index contributed by atoms with van der Waals surface area (Å²) < 4.78 is 0. The molecule has 0 bridgehead atoms. The molecule has 2 rings (SSSR count). The second-order valence-electron chi connectivity index (χ2n) is 6.91. The lowest BCUT2D eigenvalue weighted by Crippen LogP contribution is -2.36. The number of carbonyl (C=O) groups is 3. The van der Waals surface area contributed by atoms with Crippen molar-refractivity contribution in [1.29, 1.82) is 0 Å². The molecule has 0 unspecified atom stereocenters. The maximum Gasteiger partial charge on any atom is 0.251 e. The minimum absolute atomic E-state index is 0.0440. The Morgan fingerprint density at radius 2 is 1.74 bits per heavy atom. The van der Waals surface area contributed by atoms with Crippen molar-refractivity contribution >= 4 is 17.5 Å². The van der Waals surface area contributed by atoms with Crippen molar-refractivity contribution in [1.82, 2.24) is 15.2 Å². The van der Waals surface area contributed by atoms with Gasteiger partial charge in [-0.2, -0.15) is 0 Å². The number of Topliss-reactive ketones (excluding diaryl/α,β-unsaturated/α-hetero) is 2. The third-order valence-corrected chi connectivity index (χ3v) is 4.95. The number of ketones is 2. The normalized spacial score (nSPS) is 12.1. The van der Waals surface area contributed by atoms with E-state index >= 15 is 0 Å². The molecule has 2 aromatic rings. The second kappa shape index (κ2) is 8.31. The van der Waals surface area contributed by atoms with Gasteiger partial charge in [0.1, 0.15) is 0 Å². The van der Waals surface area contributed by atoms with Gasteiger partial charge in [-0.3, -0.25) is 19.3 Å². The first-order chi connectivity index (χ1) is 12.7. The highest BCUT2D eigenvalue weighted by Crippen LogP contribution is 2.21. The Morgan fingerprint density at radius 3 is 2.22 bits per heavy atom. The van der Waals surface area contributed by atoms with Gasteiger partial charge in [0.15, 0.2) is 11.6 Å². The maximum absolute atomic E-state index is 12.9. The van der Waals surface area contributed by atoms with Gasteiger partial charge in [0, 0.05) is 30.4 Å². The lowest BCUT2D eigenvalue weighted by atomic mass is 10.0. The van der Waals surface area contributed by atoms with E-state index in [1.54, 1.807) is 26.1 Å². The van der Waals surface area contributed by atoms with E-state index in [1.165, 1.54) is 6.92 Å². The molecule has 0 saturated heterocycles. The van der Waals surface area contributed by atoms with Crippen molar-refractivity contribution in [2.75, 3.05) is 14.1 Å². The van der Waals surface area contributed by atoms with Crippen LogP contribution in [0.4, 0.5) is 0 Å². The number of aromatic nitrogens is 1. The topological polar surface area (TPSA) is 82.3 Å². The fourth-order valence-electron chi connectivity index (χ4n) is 3.26. The molecule has 0 aliphatic rings. The molecule has 1 atom stereocenters. The molecule has 1 aromatic carbocycles. The van der Waals surface area contributed by atoms with Gasteiger partial charge in [0.25, 0.3) is 5.91 Å². The number of likely N-dealkylation sites (N-methyl/N-ethyl adjacent to an activating group) is 1. The Labute approximate surface area is 160 Å². The molecule has 1 amide bonds. The molecule has 6 heteroatoms. The molecule has 144 valence electrons. The largest absolute Gasteiger partial charge is 0.355 e. The van der Waals surface area contributed by atoms with Crippen LogP contribution in [0.3, 0.4) is 0 Å². The van der Waals surface area contributed by atoms with E-state index in [0.717, 1.165) is 11.3 Å². The molecule has 0 aliphatic heterocycles. The third-order valence-electron chi connectivity index (χ3n) is 4.95. The highest BCUT2D eigenvalue weighted by atomic mass is 16.1. The van der Waals surface area contributed by atoms with E-state index in [0.29, 0.717) is 28.9 Å². The minimum Gasteiger partial charge on any atom is -0.355 e. The number of H-pyrrole nitrogens is 1. The number of carbonyl (C=O) groups excluding carboxylic acids is 3. The lowest BCUT2D eigenvalue weighted by Gasteiger charge is -2.23. The molecule has 0 aliphatic carbocycles. The van der Waals surface area contributed by atoms with Gasteiger partial charge in [-0.25, -0.2) is 0 Å². The van der Waals surface area contributed by atoms with Crippen molar-refractivity contribution < 1.29 is 14.4 Å². The molecule has 1 aromatic heterocycles. The van der Waals surface area contributed by atoms with Crippen LogP contribution in [0.15, 0.2) is 24.3 Å². The number of aromatic amines is 1. The smallest absolute Gasteiger partial charge is 0.251 e. The van der Waals surface area contributed by atoms with E-state index < -0.39 is 0 Å². The lowest BCUT2D eigenvalue weighted by molar-refractivity contribution is 0.0856. The summed E-state index contributed by atoms with van der Waals surface area (Å²) in [7, 11) is 3.48. The van der Waals surface area contributed by atoms with Crippen molar-refractivity contribution in [3.8, 4) is 0 Å². The highest BCUT2D eigenvalue weighted by molar-refractivity contribution is 6.05.